The molecule has 3 aliphatic heterocycles. The number of carbonyl (C=O) groups is 1. The highest BCUT2D eigenvalue weighted by molar-refractivity contribution is 5.87. The summed E-state index contributed by atoms with van der Waals surface area (Å²) < 4.78 is 13.6. The molecule has 2 fully saturated rings. The second-order valence-electron chi connectivity index (χ2n) is 10.7. The van der Waals surface area contributed by atoms with E-state index in [1.807, 2.05) is 42.7 Å². The van der Waals surface area contributed by atoms with Gasteiger partial charge in [0, 0.05) is 37.5 Å². The summed E-state index contributed by atoms with van der Waals surface area (Å²) in [5, 5.41) is 6.47. The number of amides is 1. The highest BCUT2D eigenvalue weighted by Gasteiger charge is 2.28. The lowest BCUT2D eigenvalue weighted by Crippen LogP contribution is -2.49. The molecule has 5 heterocycles. The van der Waals surface area contributed by atoms with Gasteiger partial charge in [-0.2, -0.15) is 0 Å². The maximum atomic E-state index is 12.7. The van der Waals surface area contributed by atoms with Gasteiger partial charge in [-0.1, -0.05) is 24.3 Å². The van der Waals surface area contributed by atoms with Crippen LogP contribution >= 0.6 is 0 Å². The number of nitrogens with zero attached hydrogens (tertiary/aromatic N) is 5. The number of fused-ring (bicyclic) bond motifs is 1. The predicted molar refractivity (Wildman–Crippen MR) is 146 cm³/mol. The molecular weight excluding hydrogens is 482 g/mol. The zero-order chi connectivity index (χ0) is 26.1. The summed E-state index contributed by atoms with van der Waals surface area (Å²) in [4.78, 5) is 29.6. The van der Waals surface area contributed by atoms with Crippen molar-refractivity contribution in [3.05, 3.63) is 42.7 Å². The molecule has 200 valence electrons. The van der Waals surface area contributed by atoms with Crippen molar-refractivity contribution >= 4 is 28.6 Å². The largest absolute Gasteiger partial charge is 0.378 e. The Kier molecular flexibility index (Phi) is 6.75. The van der Waals surface area contributed by atoms with Crippen molar-refractivity contribution in [1.82, 2.24) is 24.8 Å². The summed E-state index contributed by atoms with van der Waals surface area (Å²) in [6.07, 6.45) is 8.79. The maximum Gasteiger partial charge on any atom is 0.229 e. The van der Waals surface area contributed by atoms with Crippen LogP contribution in [0.5, 0.6) is 0 Å². The van der Waals surface area contributed by atoms with E-state index in [4.69, 9.17) is 19.4 Å². The fourth-order valence-electron chi connectivity index (χ4n) is 5.25. The SMILES string of the molecule is CC1(C)C=CC(CNc2nc(-c3cccc(N4CCOCC4)c3)nc3c2ncn3C2CCCCO2)C(=O)N1. The smallest absolute Gasteiger partial charge is 0.229 e. The average Bonchev–Trinajstić information content (AvgIpc) is 3.37. The Morgan fingerprint density at radius 3 is 2.82 bits per heavy atom. The summed E-state index contributed by atoms with van der Waals surface area (Å²) in [7, 11) is 0. The molecule has 2 unspecified atom stereocenters. The zero-order valence-corrected chi connectivity index (χ0v) is 22.0. The van der Waals surface area contributed by atoms with Crippen LogP contribution in [0.15, 0.2) is 42.7 Å². The molecule has 2 N–H and O–H groups in total. The first kappa shape index (κ1) is 24.8. The molecule has 10 heteroatoms. The fraction of sp³-hybridized carbons (Fsp3) is 0.500. The third kappa shape index (κ3) is 5.10. The zero-order valence-electron chi connectivity index (χ0n) is 22.0. The van der Waals surface area contributed by atoms with Gasteiger partial charge in [-0.25, -0.2) is 15.0 Å². The first-order valence-corrected chi connectivity index (χ1v) is 13.5. The van der Waals surface area contributed by atoms with Crippen LogP contribution in [0.4, 0.5) is 11.5 Å². The van der Waals surface area contributed by atoms with Crippen LogP contribution in [0.1, 0.15) is 39.3 Å². The number of carbonyl (C=O) groups excluding carboxylic acids is 1. The lowest BCUT2D eigenvalue weighted by Gasteiger charge is -2.30. The molecule has 10 nitrogen and oxygen atoms in total. The second kappa shape index (κ2) is 10.3. The molecule has 2 aromatic heterocycles. The summed E-state index contributed by atoms with van der Waals surface area (Å²) in [6.45, 7) is 8.26. The summed E-state index contributed by atoms with van der Waals surface area (Å²) in [6, 6.07) is 8.32. The molecule has 2 saturated heterocycles. The van der Waals surface area contributed by atoms with Crippen molar-refractivity contribution in [2.24, 2.45) is 5.92 Å². The number of hydrogen-bond acceptors (Lipinski definition) is 8. The van der Waals surface area contributed by atoms with E-state index < -0.39 is 0 Å². The van der Waals surface area contributed by atoms with Crippen molar-refractivity contribution in [1.29, 1.82) is 0 Å². The van der Waals surface area contributed by atoms with Gasteiger partial charge in [0.25, 0.3) is 0 Å². The van der Waals surface area contributed by atoms with E-state index >= 15 is 0 Å². The van der Waals surface area contributed by atoms with Crippen molar-refractivity contribution in [3.63, 3.8) is 0 Å². The third-order valence-electron chi connectivity index (χ3n) is 7.38. The molecule has 3 aliphatic rings. The van der Waals surface area contributed by atoms with Gasteiger partial charge in [0.2, 0.25) is 5.91 Å². The quantitative estimate of drug-likeness (QED) is 0.479. The number of aromatic nitrogens is 4. The molecule has 0 bridgehead atoms. The van der Waals surface area contributed by atoms with Crippen LogP contribution in [0.2, 0.25) is 0 Å². The molecule has 0 spiro atoms. The minimum Gasteiger partial charge on any atom is -0.378 e. The van der Waals surface area contributed by atoms with Crippen molar-refractivity contribution in [2.75, 3.05) is 49.7 Å². The number of hydrogen-bond donors (Lipinski definition) is 2. The van der Waals surface area contributed by atoms with E-state index in [0.29, 0.717) is 23.7 Å². The Labute approximate surface area is 222 Å². The molecular formula is C28H35N7O3. The van der Waals surface area contributed by atoms with E-state index in [9.17, 15) is 4.79 Å². The average molecular weight is 518 g/mol. The molecule has 6 rings (SSSR count). The van der Waals surface area contributed by atoms with Crippen molar-refractivity contribution in [3.8, 4) is 11.4 Å². The number of ether oxygens (including phenoxy) is 2. The van der Waals surface area contributed by atoms with Crippen LogP contribution in [-0.4, -0.2) is 70.4 Å². The number of imidazole rings is 1. The highest BCUT2D eigenvalue weighted by atomic mass is 16.5. The summed E-state index contributed by atoms with van der Waals surface area (Å²) in [5.41, 5.74) is 3.11. The Balaban J connectivity index is 1.36. The van der Waals surface area contributed by atoms with Gasteiger partial charge in [-0.15, -0.1) is 0 Å². The van der Waals surface area contributed by atoms with Gasteiger partial charge < -0.3 is 25.0 Å². The lowest BCUT2D eigenvalue weighted by atomic mass is 9.94. The molecule has 3 aromatic rings. The van der Waals surface area contributed by atoms with Crippen LogP contribution in [0.3, 0.4) is 0 Å². The van der Waals surface area contributed by atoms with Crippen molar-refractivity contribution in [2.45, 2.75) is 44.9 Å². The minimum atomic E-state index is -0.340. The van der Waals surface area contributed by atoms with Gasteiger partial charge >= 0.3 is 0 Å². The molecule has 1 aromatic carbocycles. The number of morpholine rings is 1. The Morgan fingerprint density at radius 2 is 2.03 bits per heavy atom. The lowest BCUT2D eigenvalue weighted by molar-refractivity contribution is -0.124. The predicted octanol–water partition coefficient (Wildman–Crippen LogP) is 3.52. The van der Waals surface area contributed by atoms with E-state index in [0.717, 1.165) is 69.1 Å². The Bertz CT molecular complexity index is 1340. The first-order valence-electron chi connectivity index (χ1n) is 13.5. The van der Waals surface area contributed by atoms with Gasteiger partial charge in [0.05, 0.1) is 31.0 Å². The van der Waals surface area contributed by atoms with E-state index in [-0.39, 0.29) is 23.6 Å². The Morgan fingerprint density at radius 1 is 1.16 bits per heavy atom. The van der Waals surface area contributed by atoms with E-state index in [1.165, 1.54) is 0 Å². The van der Waals surface area contributed by atoms with E-state index in [2.05, 4.69) is 32.7 Å². The van der Waals surface area contributed by atoms with Crippen LogP contribution in [-0.2, 0) is 14.3 Å². The monoisotopic (exact) mass is 517 g/mol. The van der Waals surface area contributed by atoms with Crippen molar-refractivity contribution < 1.29 is 14.3 Å². The Hall–Kier alpha value is -3.50. The first-order chi connectivity index (χ1) is 18.5. The standard InChI is InChI=1S/C28H35N7O3/c1-28(2)10-9-20(27(36)33-28)17-29-25-23-26(35(18-30-23)22-8-3-4-13-38-22)32-24(31-25)19-6-5-7-21(16-19)34-11-14-37-15-12-34/h5-7,9-10,16,18,20,22H,3-4,8,11-15,17H2,1-2H3,(H,33,36)(H,29,31,32). The van der Waals surface area contributed by atoms with Gasteiger partial charge in [-0.05, 0) is 45.2 Å². The fourth-order valence-corrected chi connectivity index (χ4v) is 5.25. The molecule has 0 radical (unpaired) electrons. The van der Waals surface area contributed by atoms with Gasteiger partial charge in [-0.3, -0.25) is 9.36 Å². The molecule has 1 amide bonds. The highest BCUT2D eigenvalue weighted by Crippen LogP contribution is 2.31. The molecule has 38 heavy (non-hydrogen) atoms. The van der Waals surface area contributed by atoms with E-state index in [1.54, 1.807) is 6.33 Å². The topological polar surface area (TPSA) is 106 Å². The number of anilines is 2. The van der Waals surface area contributed by atoms with Gasteiger partial charge in [0.1, 0.15) is 6.23 Å². The number of benzene rings is 1. The summed E-state index contributed by atoms with van der Waals surface area (Å²) >= 11 is 0. The molecule has 2 atom stereocenters. The van der Waals surface area contributed by atoms with Crippen LogP contribution in [0, 0.1) is 5.92 Å². The minimum absolute atomic E-state index is 0.00475. The second-order valence-corrected chi connectivity index (χ2v) is 10.7. The summed E-state index contributed by atoms with van der Waals surface area (Å²) in [5.74, 6) is 0.916. The third-order valence-corrected chi connectivity index (χ3v) is 7.38. The van der Waals surface area contributed by atoms with Crippen LogP contribution < -0.4 is 15.5 Å². The molecule has 0 aliphatic carbocycles. The molecule has 0 saturated carbocycles. The number of rotatable bonds is 6. The number of nitrogens with one attached hydrogen (secondary N) is 2. The normalized spacial score (nSPS) is 23.4. The van der Waals surface area contributed by atoms with Crippen LogP contribution in [0.25, 0.3) is 22.6 Å². The van der Waals surface area contributed by atoms with Gasteiger partial charge in [0.15, 0.2) is 22.8 Å². The maximum absolute atomic E-state index is 12.7.